The van der Waals surface area contributed by atoms with Crippen LogP contribution in [0.15, 0.2) is 40.9 Å². The summed E-state index contributed by atoms with van der Waals surface area (Å²) in [6, 6.07) is 7.37. The molecule has 0 aromatic heterocycles. The first-order valence-corrected chi connectivity index (χ1v) is 7.39. The van der Waals surface area contributed by atoms with E-state index in [-0.39, 0.29) is 24.5 Å². The van der Waals surface area contributed by atoms with E-state index in [1.54, 1.807) is 6.92 Å². The zero-order valence-corrected chi connectivity index (χ0v) is 12.8. The summed E-state index contributed by atoms with van der Waals surface area (Å²) in [4.78, 5) is 12.0. The largest absolute Gasteiger partial charge is 0.481 e. The number of aliphatic hydroxyl groups is 1. The molecule has 20 heavy (non-hydrogen) atoms. The van der Waals surface area contributed by atoms with E-state index in [0.717, 1.165) is 10.9 Å². The van der Waals surface area contributed by atoms with Crippen molar-refractivity contribution in [2.45, 2.75) is 25.5 Å². The summed E-state index contributed by atoms with van der Waals surface area (Å²) >= 11 is 3.36. The van der Waals surface area contributed by atoms with Crippen molar-refractivity contribution in [3.8, 4) is 5.75 Å². The van der Waals surface area contributed by atoms with Crippen LogP contribution in [0.25, 0.3) is 0 Å². The van der Waals surface area contributed by atoms with Crippen molar-refractivity contribution in [3.05, 3.63) is 40.9 Å². The maximum absolute atomic E-state index is 12.0. The van der Waals surface area contributed by atoms with Crippen molar-refractivity contribution in [1.82, 2.24) is 5.32 Å². The highest BCUT2D eigenvalue weighted by Crippen LogP contribution is 2.20. The van der Waals surface area contributed by atoms with E-state index in [4.69, 9.17) is 9.84 Å². The molecule has 1 aliphatic rings. The van der Waals surface area contributed by atoms with E-state index in [1.165, 1.54) is 0 Å². The first-order chi connectivity index (χ1) is 9.58. The molecular formula is C15H18BrNO3. The van der Waals surface area contributed by atoms with Gasteiger partial charge in [-0.05, 0) is 31.5 Å². The van der Waals surface area contributed by atoms with Gasteiger partial charge in [0.05, 0.1) is 0 Å². The molecule has 0 radical (unpaired) electrons. The Hall–Kier alpha value is -1.33. The van der Waals surface area contributed by atoms with E-state index < -0.39 is 6.10 Å². The monoisotopic (exact) mass is 339 g/mol. The highest BCUT2D eigenvalue weighted by atomic mass is 79.9. The van der Waals surface area contributed by atoms with Crippen LogP contribution in [0.2, 0.25) is 0 Å². The second-order valence-electron chi connectivity index (χ2n) is 4.90. The van der Waals surface area contributed by atoms with Crippen LogP contribution >= 0.6 is 15.9 Å². The van der Waals surface area contributed by atoms with Crippen LogP contribution in [-0.2, 0) is 4.79 Å². The lowest BCUT2D eigenvalue weighted by molar-refractivity contribution is -0.127. The van der Waals surface area contributed by atoms with Crippen molar-refractivity contribution in [2.75, 3.05) is 6.61 Å². The molecule has 1 aromatic rings. The molecule has 0 saturated heterocycles. The molecule has 0 bridgehead atoms. The van der Waals surface area contributed by atoms with Gasteiger partial charge in [0, 0.05) is 23.0 Å². The smallest absolute Gasteiger partial charge is 0.261 e. The number of hydrogen-bond acceptors (Lipinski definition) is 3. The molecule has 2 N–H and O–H groups in total. The third-order valence-corrected chi connectivity index (χ3v) is 3.71. The third kappa shape index (κ3) is 4.08. The van der Waals surface area contributed by atoms with Gasteiger partial charge in [0.1, 0.15) is 5.75 Å². The van der Waals surface area contributed by atoms with Crippen LogP contribution in [0.5, 0.6) is 5.75 Å². The van der Waals surface area contributed by atoms with Crippen molar-refractivity contribution in [3.63, 3.8) is 0 Å². The number of halogens is 1. The first kappa shape index (κ1) is 15.1. The van der Waals surface area contributed by atoms with Gasteiger partial charge >= 0.3 is 0 Å². The van der Waals surface area contributed by atoms with Gasteiger partial charge < -0.3 is 15.2 Å². The fourth-order valence-corrected chi connectivity index (χ4v) is 2.49. The fraction of sp³-hybridized carbons (Fsp3) is 0.400. The van der Waals surface area contributed by atoms with E-state index in [9.17, 15) is 4.79 Å². The molecule has 4 nitrogen and oxygen atoms in total. The minimum absolute atomic E-state index is 0.0202. The van der Waals surface area contributed by atoms with Gasteiger partial charge in [0.25, 0.3) is 5.91 Å². The Kier molecular flexibility index (Phi) is 5.20. The Bertz CT molecular complexity index is 504. The Morgan fingerprint density at radius 3 is 3.00 bits per heavy atom. The second-order valence-corrected chi connectivity index (χ2v) is 5.81. The molecule has 3 atom stereocenters. The number of aliphatic hydroxyl groups excluding tert-OH is 1. The summed E-state index contributed by atoms with van der Waals surface area (Å²) in [5.41, 5.74) is 0. The Morgan fingerprint density at radius 1 is 1.55 bits per heavy atom. The number of carbonyl (C=O) groups excluding carboxylic acids is 1. The predicted octanol–water partition coefficient (Wildman–Crippen LogP) is 2.27. The molecule has 0 spiro atoms. The minimum Gasteiger partial charge on any atom is -0.481 e. The molecule has 0 heterocycles. The average Bonchev–Trinajstić information content (AvgIpc) is 2.86. The highest BCUT2D eigenvalue weighted by Gasteiger charge is 2.22. The molecule has 1 aromatic carbocycles. The summed E-state index contributed by atoms with van der Waals surface area (Å²) in [6.45, 7) is 1.84. The van der Waals surface area contributed by atoms with E-state index in [1.807, 2.05) is 36.4 Å². The van der Waals surface area contributed by atoms with E-state index in [0.29, 0.717) is 5.75 Å². The standard InChI is InChI=1S/C15H18BrNO3/c1-10(20-14-4-2-3-12(16)8-14)15(19)17-13-6-5-11(7-13)9-18/h2-6,8,10-11,13,18H,7,9H2,1H3,(H,17,19)/t10?,11-,13+/m0/s1. The number of nitrogens with one attached hydrogen (secondary N) is 1. The molecule has 1 unspecified atom stereocenters. The van der Waals surface area contributed by atoms with Crippen molar-refractivity contribution in [2.24, 2.45) is 5.92 Å². The summed E-state index contributed by atoms with van der Waals surface area (Å²) in [7, 11) is 0. The van der Waals surface area contributed by atoms with Gasteiger partial charge in [-0.15, -0.1) is 0 Å². The number of rotatable bonds is 5. The number of ether oxygens (including phenoxy) is 1. The summed E-state index contributed by atoms with van der Waals surface area (Å²) in [5, 5.41) is 12.0. The van der Waals surface area contributed by atoms with E-state index >= 15 is 0 Å². The fourth-order valence-electron chi connectivity index (χ4n) is 2.12. The predicted molar refractivity (Wildman–Crippen MR) is 80.5 cm³/mol. The Balaban J connectivity index is 1.85. The number of amides is 1. The summed E-state index contributed by atoms with van der Waals surface area (Å²) in [6.07, 6.45) is 4.03. The third-order valence-electron chi connectivity index (χ3n) is 3.21. The van der Waals surface area contributed by atoms with Crippen molar-refractivity contribution >= 4 is 21.8 Å². The van der Waals surface area contributed by atoms with E-state index in [2.05, 4.69) is 21.2 Å². The highest BCUT2D eigenvalue weighted by molar-refractivity contribution is 9.10. The summed E-state index contributed by atoms with van der Waals surface area (Å²) < 4.78 is 6.51. The maximum atomic E-state index is 12.0. The minimum atomic E-state index is -0.564. The lowest BCUT2D eigenvalue weighted by Gasteiger charge is -2.18. The van der Waals surface area contributed by atoms with Gasteiger partial charge in [0.2, 0.25) is 0 Å². The SMILES string of the molecule is CC(Oc1cccc(Br)c1)C(=O)N[C@@H]1C=C[C@H](CO)C1. The quantitative estimate of drug-likeness (QED) is 0.809. The van der Waals surface area contributed by atoms with Crippen LogP contribution in [0.3, 0.4) is 0 Å². The van der Waals surface area contributed by atoms with Crippen LogP contribution in [0.1, 0.15) is 13.3 Å². The second kappa shape index (κ2) is 6.90. The Morgan fingerprint density at radius 2 is 2.35 bits per heavy atom. The van der Waals surface area contributed by atoms with Gasteiger partial charge in [-0.25, -0.2) is 0 Å². The van der Waals surface area contributed by atoms with Crippen LogP contribution in [-0.4, -0.2) is 29.8 Å². The van der Waals surface area contributed by atoms with Crippen molar-refractivity contribution in [1.29, 1.82) is 0 Å². The van der Waals surface area contributed by atoms with Crippen LogP contribution in [0, 0.1) is 5.92 Å². The van der Waals surface area contributed by atoms with Gasteiger partial charge in [-0.3, -0.25) is 4.79 Å². The molecule has 2 rings (SSSR count). The van der Waals surface area contributed by atoms with Crippen molar-refractivity contribution < 1.29 is 14.6 Å². The zero-order chi connectivity index (χ0) is 14.5. The molecule has 108 valence electrons. The molecule has 1 amide bonds. The van der Waals surface area contributed by atoms with Gasteiger partial charge in [-0.2, -0.15) is 0 Å². The molecule has 0 fully saturated rings. The average molecular weight is 340 g/mol. The number of benzene rings is 1. The van der Waals surface area contributed by atoms with Crippen LogP contribution in [0.4, 0.5) is 0 Å². The molecule has 5 heteroatoms. The normalized spacial score (nSPS) is 22.6. The summed E-state index contributed by atoms with van der Waals surface area (Å²) in [5.74, 6) is 0.636. The molecule has 0 aliphatic heterocycles. The number of carbonyl (C=O) groups is 1. The maximum Gasteiger partial charge on any atom is 0.261 e. The lowest BCUT2D eigenvalue weighted by Crippen LogP contribution is -2.41. The number of hydrogen-bond donors (Lipinski definition) is 2. The molecule has 0 saturated carbocycles. The first-order valence-electron chi connectivity index (χ1n) is 6.60. The van der Waals surface area contributed by atoms with Gasteiger partial charge in [-0.1, -0.05) is 34.1 Å². The Labute approximate surface area is 127 Å². The van der Waals surface area contributed by atoms with Gasteiger partial charge in [0.15, 0.2) is 6.10 Å². The topological polar surface area (TPSA) is 58.6 Å². The molecular weight excluding hydrogens is 322 g/mol. The molecule has 1 aliphatic carbocycles. The lowest BCUT2D eigenvalue weighted by atomic mass is 10.1. The van der Waals surface area contributed by atoms with Crippen LogP contribution < -0.4 is 10.1 Å². The zero-order valence-electron chi connectivity index (χ0n) is 11.3.